The standard InChI is InChI=1S/C50H33NO/c1-2-9-34(10-3-1)39-13-8-14-45(33-39)51(43-25-19-36(20-26-43)40-18-17-35-11-4-5-12-38(35)31-40)44-27-21-37(22-28-44)41-23-29-46-42(32-41)24-30-49-50(46)47-15-6-7-16-48(47)52-49/h1-33H/i1D,2D,3D,6D,7D,9D,10D,15D,16D,24D,29D,30D. The summed E-state index contributed by atoms with van der Waals surface area (Å²) in [5.74, 6) is 0. The van der Waals surface area contributed by atoms with E-state index >= 15 is 0 Å². The molecule has 1 heterocycles. The number of anilines is 3. The molecule has 0 unspecified atom stereocenters. The van der Waals surface area contributed by atoms with Crippen molar-refractivity contribution < 1.29 is 20.9 Å². The molecule has 0 N–H and O–H groups in total. The van der Waals surface area contributed by atoms with Crippen molar-refractivity contribution in [3.8, 4) is 33.4 Å². The van der Waals surface area contributed by atoms with E-state index in [0.29, 0.717) is 22.4 Å². The molecule has 244 valence electrons. The van der Waals surface area contributed by atoms with Crippen molar-refractivity contribution in [2.24, 2.45) is 0 Å². The average molecular weight is 676 g/mol. The Labute approximate surface area is 319 Å². The van der Waals surface area contributed by atoms with Crippen LogP contribution in [0.3, 0.4) is 0 Å². The van der Waals surface area contributed by atoms with Gasteiger partial charge in [-0.05, 0) is 116 Å². The highest BCUT2D eigenvalue weighted by atomic mass is 16.3. The molecule has 0 saturated carbocycles. The van der Waals surface area contributed by atoms with Crippen molar-refractivity contribution in [1.82, 2.24) is 0 Å². The third-order valence-corrected chi connectivity index (χ3v) is 9.40. The number of benzene rings is 9. The Kier molecular flexibility index (Phi) is 4.81. The predicted octanol–water partition coefficient (Wildman–Crippen LogP) is 14.4. The van der Waals surface area contributed by atoms with Crippen molar-refractivity contribution in [3.63, 3.8) is 0 Å². The fourth-order valence-electron chi connectivity index (χ4n) is 6.86. The van der Waals surface area contributed by atoms with Crippen molar-refractivity contribution >= 4 is 60.5 Å². The summed E-state index contributed by atoms with van der Waals surface area (Å²) >= 11 is 0. The Bertz CT molecular complexity index is 3560. The van der Waals surface area contributed by atoms with E-state index in [2.05, 4.69) is 30.3 Å². The van der Waals surface area contributed by atoms with Crippen molar-refractivity contribution in [3.05, 3.63) is 200 Å². The van der Waals surface area contributed by atoms with Gasteiger partial charge in [0.1, 0.15) is 11.2 Å². The zero-order valence-corrected chi connectivity index (χ0v) is 27.5. The molecule has 9 aromatic carbocycles. The summed E-state index contributed by atoms with van der Waals surface area (Å²) in [6.07, 6.45) is 0. The third-order valence-electron chi connectivity index (χ3n) is 9.40. The van der Waals surface area contributed by atoms with E-state index in [1.807, 2.05) is 71.6 Å². The Hall–Kier alpha value is -6.90. The van der Waals surface area contributed by atoms with E-state index in [1.54, 1.807) is 30.3 Å². The summed E-state index contributed by atoms with van der Waals surface area (Å²) in [5.41, 5.74) is 5.82. The van der Waals surface area contributed by atoms with Gasteiger partial charge in [0.2, 0.25) is 0 Å². The number of rotatable bonds is 6. The van der Waals surface area contributed by atoms with E-state index in [4.69, 9.17) is 19.5 Å². The van der Waals surface area contributed by atoms with Crippen LogP contribution < -0.4 is 4.90 Å². The van der Waals surface area contributed by atoms with E-state index < -0.39 is 36.3 Å². The number of hydrogen-bond donors (Lipinski definition) is 0. The van der Waals surface area contributed by atoms with Crippen LogP contribution in [0, 0.1) is 0 Å². The summed E-state index contributed by atoms with van der Waals surface area (Å²) in [7, 11) is 0. The first-order valence-electron chi connectivity index (χ1n) is 22.8. The van der Waals surface area contributed by atoms with Gasteiger partial charge >= 0.3 is 0 Å². The maximum atomic E-state index is 9.20. The van der Waals surface area contributed by atoms with E-state index in [1.165, 1.54) is 0 Å². The van der Waals surface area contributed by atoms with Gasteiger partial charge in [0.05, 0.1) is 16.4 Å². The molecule has 1 aromatic heterocycles. The maximum Gasteiger partial charge on any atom is 0.136 e. The van der Waals surface area contributed by atoms with Gasteiger partial charge in [0.15, 0.2) is 0 Å². The fourth-order valence-corrected chi connectivity index (χ4v) is 6.86. The smallest absolute Gasteiger partial charge is 0.136 e. The van der Waals surface area contributed by atoms with Crippen molar-refractivity contribution in [1.29, 1.82) is 0 Å². The monoisotopic (exact) mass is 675 g/mol. The topological polar surface area (TPSA) is 16.4 Å². The minimum absolute atomic E-state index is 0.0113. The van der Waals surface area contributed by atoms with Crippen LogP contribution in [0.15, 0.2) is 204 Å². The molecule has 0 aliphatic rings. The normalized spacial score (nSPS) is 14.7. The fraction of sp³-hybridized carbons (Fsp3) is 0. The molecule has 0 amide bonds. The molecular formula is C50H33NO. The maximum absolute atomic E-state index is 9.20. The average Bonchev–Trinajstić information content (AvgIpc) is 3.72. The summed E-state index contributed by atoms with van der Waals surface area (Å²) in [6.45, 7) is 0. The van der Waals surface area contributed by atoms with Gasteiger partial charge in [-0.15, -0.1) is 0 Å². The van der Waals surface area contributed by atoms with Crippen LogP contribution in [0.5, 0.6) is 0 Å². The van der Waals surface area contributed by atoms with Crippen LogP contribution in [0.1, 0.15) is 16.4 Å². The molecule has 2 heteroatoms. The highest BCUT2D eigenvalue weighted by Crippen LogP contribution is 2.40. The van der Waals surface area contributed by atoms with Crippen LogP contribution in [0.2, 0.25) is 0 Å². The Morgan fingerprint density at radius 1 is 0.365 bits per heavy atom. The van der Waals surface area contributed by atoms with Gasteiger partial charge in [0, 0.05) is 27.8 Å². The Balaban J connectivity index is 1.10. The lowest BCUT2D eigenvalue weighted by atomic mass is 9.98. The molecule has 0 fully saturated rings. The number of nitrogens with zero attached hydrogens (tertiary/aromatic N) is 1. The van der Waals surface area contributed by atoms with E-state index in [-0.39, 0.29) is 74.5 Å². The summed E-state index contributed by atoms with van der Waals surface area (Å²) in [6, 6.07) is 36.5. The molecule has 10 aromatic rings. The highest BCUT2D eigenvalue weighted by molar-refractivity contribution is 6.19. The van der Waals surface area contributed by atoms with Gasteiger partial charge in [-0.2, -0.15) is 0 Å². The molecule has 0 aliphatic carbocycles. The first kappa shape index (κ1) is 20.1. The van der Waals surface area contributed by atoms with Crippen molar-refractivity contribution in [2.45, 2.75) is 0 Å². The molecule has 2 nitrogen and oxygen atoms in total. The SMILES string of the molecule is [2H]c1c([2H])c([2H])c(-c2cccc(N(c3ccc(-c4ccc5ccccc5c4)cc3)c3ccc(-c4cc([2H])c5c(c4)c([2H])c([2H])c4oc6c([2H])c([2H])c([2H])c([2H])c6c45)cc3)c2)c([2H])c1[2H]. The molecular weight excluding hydrogens is 631 g/mol. The van der Waals surface area contributed by atoms with Crippen LogP contribution in [-0.2, 0) is 0 Å². The highest BCUT2D eigenvalue weighted by Gasteiger charge is 2.15. The quantitative estimate of drug-likeness (QED) is 0.174. The molecule has 0 atom stereocenters. The van der Waals surface area contributed by atoms with Crippen LogP contribution in [-0.4, -0.2) is 0 Å². The van der Waals surface area contributed by atoms with Crippen LogP contribution in [0.4, 0.5) is 17.1 Å². The molecule has 52 heavy (non-hydrogen) atoms. The van der Waals surface area contributed by atoms with Crippen molar-refractivity contribution in [2.75, 3.05) is 4.90 Å². The summed E-state index contributed by atoms with van der Waals surface area (Å²) in [4.78, 5) is 2.00. The van der Waals surface area contributed by atoms with Crippen LogP contribution >= 0.6 is 0 Å². The molecule has 0 radical (unpaired) electrons. The lowest BCUT2D eigenvalue weighted by Crippen LogP contribution is -2.10. The number of para-hydroxylation sites is 1. The van der Waals surface area contributed by atoms with Gasteiger partial charge in [-0.3, -0.25) is 0 Å². The largest absolute Gasteiger partial charge is 0.456 e. The van der Waals surface area contributed by atoms with E-state index in [9.17, 15) is 1.37 Å². The second-order valence-corrected chi connectivity index (χ2v) is 12.5. The second-order valence-electron chi connectivity index (χ2n) is 12.5. The number of hydrogen-bond acceptors (Lipinski definition) is 2. The summed E-state index contributed by atoms with van der Waals surface area (Å²) < 4.78 is 108. The molecule has 0 saturated heterocycles. The first-order chi connectivity index (χ1) is 30.7. The predicted molar refractivity (Wildman–Crippen MR) is 220 cm³/mol. The first-order valence-corrected chi connectivity index (χ1v) is 16.8. The molecule has 0 spiro atoms. The van der Waals surface area contributed by atoms with E-state index in [0.717, 1.165) is 33.3 Å². The summed E-state index contributed by atoms with van der Waals surface area (Å²) in [5, 5.41) is 3.03. The molecule has 0 aliphatic heterocycles. The lowest BCUT2D eigenvalue weighted by Gasteiger charge is -2.26. The lowest BCUT2D eigenvalue weighted by molar-refractivity contribution is 0.669. The Morgan fingerprint density at radius 3 is 1.81 bits per heavy atom. The van der Waals surface area contributed by atoms with Gasteiger partial charge in [-0.1, -0.05) is 139 Å². The number of fused-ring (bicyclic) bond motifs is 6. The van der Waals surface area contributed by atoms with Gasteiger partial charge in [0.25, 0.3) is 0 Å². The molecule has 10 rings (SSSR count). The second kappa shape index (κ2) is 12.5. The Morgan fingerprint density at radius 2 is 1.02 bits per heavy atom. The number of furan rings is 1. The minimum Gasteiger partial charge on any atom is -0.456 e. The minimum atomic E-state index is -0.478. The molecule has 0 bridgehead atoms. The third kappa shape index (κ3) is 5.30. The van der Waals surface area contributed by atoms with Crippen LogP contribution in [0.25, 0.3) is 76.9 Å². The van der Waals surface area contributed by atoms with Gasteiger partial charge in [-0.25, -0.2) is 0 Å². The zero-order valence-electron chi connectivity index (χ0n) is 39.5. The zero-order chi connectivity index (χ0) is 44.9. The van der Waals surface area contributed by atoms with Gasteiger partial charge < -0.3 is 9.32 Å².